The number of ether oxygens (including phenoxy) is 6. The fraction of sp³-hybridized carbons (Fsp3) is 0.696. The molecular weight excluding hydrogens is 402 g/mol. The number of rotatable bonds is 6. The smallest absolute Gasteiger partial charge is 0.253 e. The minimum Gasteiger partial charge on any atom is -0.363 e. The number of nitrogens with zero attached hydrogens (tertiary/aromatic N) is 1. The first-order valence-electron chi connectivity index (χ1n) is 10.9. The highest BCUT2D eigenvalue weighted by molar-refractivity contribution is 5.94. The van der Waals surface area contributed by atoms with Gasteiger partial charge in [0.05, 0.1) is 6.61 Å². The maximum Gasteiger partial charge on any atom is 0.253 e. The SMILES string of the molecule is CC(C)N(C(=O)COC1C(C2COC(C)(C)O2)OC2OC(C)(C)OC21)c1ccccc1. The van der Waals surface area contributed by atoms with E-state index < -0.39 is 36.2 Å². The Kier molecular flexibility index (Phi) is 6.15. The van der Waals surface area contributed by atoms with Crippen molar-refractivity contribution in [2.75, 3.05) is 18.1 Å². The highest BCUT2D eigenvalue weighted by atomic mass is 16.8. The van der Waals surface area contributed by atoms with E-state index in [1.165, 1.54) is 0 Å². The standard InChI is InChI=1S/C23H33NO7/c1-14(2)24(15-10-8-7-9-11-15)17(25)13-26-19-18(16-12-27-22(3,4)29-16)28-21-20(19)30-23(5,6)31-21/h7-11,14,16,18-21H,12-13H2,1-6H3. The Hall–Kier alpha value is -1.55. The van der Waals surface area contributed by atoms with Gasteiger partial charge >= 0.3 is 0 Å². The highest BCUT2D eigenvalue weighted by Crippen LogP contribution is 2.42. The Morgan fingerprint density at radius 3 is 2.39 bits per heavy atom. The number of hydrogen-bond acceptors (Lipinski definition) is 7. The van der Waals surface area contributed by atoms with Crippen molar-refractivity contribution in [2.45, 2.75) is 89.9 Å². The van der Waals surface area contributed by atoms with Crippen LogP contribution in [0.25, 0.3) is 0 Å². The second kappa shape index (κ2) is 8.42. The van der Waals surface area contributed by atoms with Crippen molar-refractivity contribution in [3.63, 3.8) is 0 Å². The van der Waals surface area contributed by atoms with Crippen LogP contribution in [-0.2, 0) is 33.2 Å². The second-order valence-electron chi connectivity index (χ2n) is 9.41. The zero-order chi connectivity index (χ0) is 22.4. The van der Waals surface area contributed by atoms with Crippen LogP contribution in [0.2, 0.25) is 0 Å². The molecule has 8 nitrogen and oxygen atoms in total. The summed E-state index contributed by atoms with van der Waals surface area (Å²) >= 11 is 0. The van der Waals surface area contributed by atoms with Gasteiger partial charge in [-0.1, -0.05) is 18.2 Å². The number of carbonyl (C=O) groups excluding carboxylic acids is 1. The number of benzene rings is 1. The number of fused-ring (bicyclic) bond motifs is 1. The third-order valence-electron chi connectivity index (χ3n) is 5.64. The summed E-state index contributed by atoms with van der Waals surface area (Å²) in [5, 5.41) is 0. The number of amides is 1. The van der Waals surface area contributed by atoms with E-state index in [9.17, 15) is 4.79 Å². The van der Waals surface area contributed by atoms with E-state index in [4.69, 9.17) is 28.4 Å². The molecule has 3 fully saturated rings. The molecule has 0 bridgehead atoms. The number of carbonyl (C=O) groups is 1. The summed E-state index contributed by atoms with van der Waals surface area (Å²) in [5.41, 5.74) is 0.832. The summed E-state index contributed by atoms with van der Waals surface area (Å²) in [7, 11) is 0. The van der Waals surface area contributed by atoms with Gasteiger partial charge in [-0.15, -0.1) is 0 Å². The van der Waals surface area contributed by atoms with Gasteiger partial charge in [-0.25, -0.2) is 0 Å². The third-order valence-corrected chi connectivity index (χ3v) is 5.64. The van der Waals surface area contributed by atoms with Gasteiger partial charge in [0.15, 0.2) is 17.9 Å². The fourth-order valence-corrected chi connectivity index (χ4v) is 4.43. The summed E-state index contributed by atoms with van der Waals surface area (Å²) in [4.78, 5) is 14.9. The van der Waals surface area contributed by atoms with Gasteiger partial charge in [-0.05, 0) is 53.7 Å². The zero-order valence-electron chi connectivity index (χ0n) is 19.1. The molecule has 1 aromatic rings. The lowest BCUT2D eigenvalue weighted by Crippen LogP contribution is -2.46. The van der Waals surface area contributed by atoms with E-state index in [-0.39, 0.29) is 24.7 Å². The molecule has 0 aromatic heterocycles. The third kappa shape index (κ3) is 4.79. The Balaban J connectivity index is 1.49. The molecule has 31 heavy (non-hydrogen) atoms. The maximum absolute atomic E-state index is 13.1. The van der Waals surface area contributed by atoms with Gasteiger partial charge in [0.2, 0.25) is 0 Å². The molecule has 0 radical (unpaired) electrons. The van der Waals surface area contributed by atoms with Crippen molar-refractivity contribution < 1.29 is 33.2 Å². The van der Waals surface area contributed by atoms with Gasteiger partial charge in [-0.2, -0.15) is 0 Å². The van der Waals surface area contributed by atoms with E-state index in [2.05, 4.69) is 0 Å². The van der Waals surface area contributed by atoms with Gasteiger partial charge in [0.1, 0.15) is 31.0 Å². The summed E-state index contributed by atoms with van der Waals surface area (Å²) in [6.45, 7) is 11.6. The topological polar surface area (TPSA) is 75.7 Å². The van der Waals surface area contributed by atoms with E-state index in [0.29, 0.717) is 6.61 Å². The molecule has 3 heterocycles. The van der Waals surface area contributed by atoms with Crippen LogP contribution in [0.5, 0.6) is 0 Å². The quantitative estimate of drug-likeness (QED) is 0.680. The first-order valence-corrected chi connectivity index (χ1v) is 10.9. The van der Waals surface area contributed by atoms with Crippen molar-refractivity contribution in [3.05, 3.63) is 30.3 Å². The maximum atomic E-state index is 13.1. The summed E-state index contributed by atoms with van der Waals surface area (Å²) in [6, 6.07) is 9.56. The average molecular weight is 436 g/mol. The predicted octanol–water partition coefficient (Wildman–Crippen LogP) is 2.84. The van der Waals surface area contributed by atoms with Gasteiger partial charge in [-0.3, -0.25) is 4.79 Å². The van der Waals surface area contributed by atoms with Gasteiger partial charge in [0.25, 0.3) is 5.91 Å². The van der Waals surface area contributed by atoms with Crippen LogP contribution in [0.15, 0.2) is 30.3 Å². The van der Waals surface area contributed by atoms with Crippen LogP contribution in [0.3, 0.4) is 0 Å². The highest BCUT2D eigenvalue weighted by Gasteiger charge is 2.59. The van der Waals surface area contributed by atoms with Gasteiger partial charge < -0.3 is 33.3 Å². The molecule has 8 heteroatoms. The molecule has 5 unspecified atom stereocenters. The molecule has 0 aliphatic carbocycles. The summed E-state index contributed by atoms with van der Waals surface area (Å²) < 4.78 is 36.0. The fourth-order valence-electron chi connectivity index (χ4n) is 4.43. The van der Waals surface area contributed by atoms with Crippen molar-refractivity contribution in [3.8, 4) is 0 Å². The minimum absolute atomic E-state index is 0.0146. The minimum atomic E-state index is -0.785. The van der Waals surface area contributed by atoms with Crippen LogP contribution in [0.4, 0.5) is 5.69 Å². The molecule has 0 N–H and O–H groups in total. The van der Waals surface area contributed by atoms with Crippen LogP contribution < -0.4 is 4.90 Å². The molecule has 3 aliphatic heterocycles. The molecule has 3 saturated heterocycles. The number of hydrogen-bond donors (Lipinski definition) is 0. The Labute approximate surface area is 183 Å². The van der Waals surface area contributed by atoms with Crippen molar-refractivity contribution in [1.29, 1.82) is 0 Å². The van der Waals surface area contributed by atoms with E-state index in [1.54, 1.807) is 4.90 Å². The lowest BCUT2D eigenvalue weighted by Gasteiger charge is -2.30. The summed E-state index contributed by atoms with van der Waals surface area (Å²) in [5.74, 6) is -1.62. The number of para-hydroxylation sites is 1. The molecule has 172 valence electrons. The van der Waals surface area contributed by atoms with Crippen molar-refractivity contribution in [2.24, 2.45) is 0 Å². The predicted molar refractivity (Wildman–Crippen MR) is 112 cm³/mol. The first-order chi connectivity index (χ1) is 14.6. The first kappa shape index (κ1) is 22.6. The van der Waals surface area contributed by atoms with E-state index in [0.717, 1.165) is 5.69 Å². The zero-order valence-corrected chi connectivity index (χ0v) is 19.1. The van der Waals surface area contributed by atoms with E-state index >= 15 is 0 Å². The van der Waals surface area contributed by atoms with E-state index in [1.807, 2.05) is 71.9 Å². The Bertz CT molecular complexity index is 781. The summed E-state index contributed by atoms with van der Waals surface area (Å²) in [6.07, 6.45) is -2.37. The van der Waals surface area contributed by atoms with Crippen LogP contribution in [0, 0.1) is 0 Å². The molecule has 1 amide bonds. The lowest BCUT2D eigenvalue weighted by atomic mass is 10.1. The largest absolute Gasteiger partial charge is 0.363 e. The molecule has 1 aromatic carbocycles. The molecule has 0 saturated carbocycles. The van der Waals surface area contributed by atoms with Crippen molar-refractivity contribution >= 4 is 11.6 Å². The molecule has 3 aliphatic rings. The van der Waals surface area contributed by atoms with Crippen LogP contribution in [0.1, 0.15) is 41.5 Å². The average Bonchev–Trinajstić information content (AvgIpc) is 3.29. The second-order valence-corrected chi connectivity index (χ2v) is 9.41. The number of anilines is 1. The Morgan fingerprint density at radius 2 is 1.77 bits per heavy atom. The van der Waals surface area contributed by atoms with Crippen molar-refractivity contribution in [1.82, 2.24) is 0 Å². The normalized spacial score (nSPS) is 33.6. The molecule has 0 spiro atoms. The van der Waals surface area contributed by atoms with Crippen LogP contribution >= 0.6 is 0 Å². The monoisotopic (exact) mass is 435 g/mol. The molecule has 5 atom stereocenters. The molecule has 4 rings (SSSR count). The van der Waals surface area contributed by atoms with Gasteiger partial charge in [0, 0.05) is 11.7 Å². The lowest BCUT2D eigenvalue weighted by molar-refractivity contribution is -0.235. The Morgan fingerprint density at radius 1 is 1.06 bits per heavy atom. The van der Waals surface area contributed by atoms with Crippen LogP contribution in [-0.4, -0.2) is 67.4 Å². The molecular formula is C23H33NO7.